The van der Waals surface area contributed by atoms with Crippen LogP contribution in [0.5, 0.6) is 0 Å². The van der Waals surface area contributed by atoms with Crippen LogP contribution >= 0.6 is 35.3 Å². The van der Waals surface area contributed by atoms with Crippen LogP contribution in [0.1, 0.15) is 46.6 Å². The first-order chi connectivity index (χ1) is 15.4. The van der Waals surface area contributed by atoms with Gasteiger partial charge in [-0.3, -0.25) is 14.5 Å². The molecule has 11 heteroatoms. The molecule has 2 aromatic rings. The summed E-state index contributed by atoms with van der Waals surface area (Å²) in [5, 5.41) is 11.8. The van der Waals surface area contributed by atoms with E-state index in [9.17, 15) is 14.4 Å². The van der Waals surface area contributed by atoms with Gasteiger partial charge in [-0.05, 0) is 43.5 Å². The van der Waals surface area contributed by atoms with Gasteiger partial charge in [-0.1, -0.05) is 53.9 Å². The van der Waals surface area contributed by atoms with Crippen LogP contribution in [-0.2, 0) is 14.3 Å². The molecule has 3 rings (SSSR count). The fourth-order valence-corrected chi connectivity index (χ4v) is 4.86. The maximum Gasteiger partial charge on any atom is 0.337 e. The second-order valence-corrected chi connectivity index (χ2v) is 9.79. The second kappa shape index (κ2) is 11.3. The number of methoxy groups -OCH3 is 1. The van der Waals surface area contributed by atoms with Crippen LogP contribution in [0.4, 0.5) is 5.13 Å². The van der Waals surface area contributed by atoms with Crippen LogP contribution in [0.2, 0.25) is 0 Å². The van der Waals surface area contributed by atoms with Gasteiger partial charge in [-0.15, -0.1) is 10.2 Å². The van der Waals surface area contributed by atoms with E-state index >= 15 is 0 Å². The van der Waals surface area contributed by atoms with E-state index in [1.807, 2.05) is 6.92 Å². The Morgan fingerprint density at radius 3 is 2.59 bits per heavy atom. The van der Waals surface area contributed by atoms with Crippen LogP contribution in [0.15, 0.2) is 29.2 Å². The molecule has 1 saturated heterocycles. The number of aromatic nitrogens is 2. The van der Waals surface area contributed by atoms with Crippen LogP contribution in [0.25, 0.3) is 6.08 Å². The highest BCUT2D eigenvalue weighted by Crippen LogP contribution is 2.32. The minimum Gasteiger partial charge on any atom is -0.465 e. The number of anilines is 1. The van der Waals surface area contributed by atoms with E-state index in [0.29, 0.717) is 39.3 Å². The summed E-state index contributed by atoms with van der Waals surface area (Å²) < 4.78 is 5.21. The fraction of sp³-hybridized carbons (Fsp3) is 0.333. The normalized spacial score (nSPS) is 14.8. The quantitative estimate of drug-likeness (QED) is 0.243. The van der Waals surface area contributed by atoms with Gasteiger partial charge in [-0.2, -0.15) is 0 Å². The highest BCUT2D eigenvalue weighted by atomic mass is 32.2. The average Bonchev–Trinajstić information content (AvgIpc) is 3.30. The van der Waals surface area contributed by atoms with E-state index < -0.39 is 5.97 Å². The number of benzene rings is 1. The predicted octanol–water partition coefficient (Wildman–Crippen LogP) is 4.03. The number of nitrogens with zero attached hydrogens (tertiary/aromatic N) is 3. The van der Waals surface area contributed by atoms with Crippen molar-refractivity contribution in [3.63, 3.8) is 0 Å². The molecule has 0 atom stereocenters. The van der Waals surface area contributed by atoms with Crippen LogP contribution in [-0.4, -0.2) is 50.9 Å². The van der Waals surface area contributed by atoms with Crippen molar-refractivity contribution in [1.82, 2.24) is 15.1 Å². The van der Waals surface area contributed by atoms with Gasteiger partial charge in [0.2, 0.25) is 11.0 Å². The third-order valence-corrected chi connectivity index (χ3v) is 6.69. The summed E-state index contributed by atoms with van der Waals surface area (Å²) in [7, 11) is 1.33. The van der Waals surface area contributed by atoms with Crippen molar-refractivity contribution in [3.8, 4) is 0 Å². The number of ether oxygens (including phenoxy) is 1. The zero-order valence-electron chi connectivity index (χ0n) is 17.6. The third kappa shape index (κ3) is 6.44. The third-order valence-electron chi connectivity index (χ3n) is 4.56. The number of hydrogen-bond donors (Lipinski definition) is 1. The number of thiocarbonyl (C=S) groups is 1. The first-order valence-electron chi connectivity index (χ1n) is 9.91. The molecule has 168 valence electrons. The second-order valence-electron chi connectivity index (χ2n) is 6.93. The van der Waals surface area contributed by atoms with Crippen molar-refractivity contribution in [2.45, 2.75) is 32.6 Å². The van der Waals surface area contributed by atoms with E-state index in [2.05, 4.69) is 20.3 Å². The Kier molecular flexibility index (Phi) is 8.48. The van der Waals surface area contributed by atoms with Crippen molar-refractivity contribution >= 4 is 68.6 Å². The number of hydrogen-bond acceptors (Lipinski definition) is 9. The number of esters is 1. The molecule has 0 unspecified atom stereocenters. The number of carbonyl (C=O) groups is 3. The Hall–Kier alpha value is -2.63. The SMILES string of the molecule is COC(=O)c1ccc(/C=C2/SC(=S)N(CCCCCC(=O)Nc3nnc(C)s3)C2=O)cc1. The Bertz CT molecular complexity index is 1050. The van der Waals surface area contributed by atoms with Crippen molar-refractivity contribution in [2.75, 3.05) is 19.0 Å². The van der Waals surface area contributed by atoms with Gasteiger partial charge >= 0.3 is 5.97 Å². The van der Waals surface area contributed by atoms with Gasteiger partial charge < -0.3 is 10.1 Å². The lowest BCUT2D eigenvalue weighted by Crippen LogP contribution is -2.29. The Labute approximate surface area is 199 Å². The lowest BCUT2D eigenvalue weighted by Gasteiger charge is -2.14. The molecule has 1 aliphatic heterocycles. The summed E-state index contributed by atoms with van der Waals surface area (Å²) in [6.45, 7) is 2.34. The predicted molar refractivity (Wildman–Crippen MR) is 129 cm³/mol. The molecule has 1 aromatic carbocycles. The molecule has 8 nitrogen and oxygen atoms in total. The van der Waals surface area contributed by atoms with Gasteiger partial charge in [-0.25, -0.2) is 4.79 Å². The Morgan fingerprint density at radius 1 is 1.19 bits per heavy atom. The van der Waals surface area contributed by atoms with E-state index in [1.165, 1.54) is 30.2 Å². The van der Waals surface area contributed by atoms with Crippen LogP contribution in [0, 0.1) is 6.92 Å². The van der Waals surface area contributed by atoms with Crippen molar-refractivity contribution < 1.29 is 19.1 Å². The van der Waals surface area contributed by atoms with E-state index in [-0.39, 0.29) is 11.8 Å². The number of unbranched alkanes of at least 4 members (excludes halogenated alkanes) is 2. The van der Waals surface area contributed by atoms with Gasteiger partial charge in [0, 0.05) is 13.0 Å². The maximum atomic E-state index is 12.7. The van der Waals surface area contributed by atoms with Crippen LogP contribution in [0.3, 0.4) is 0 Å². The van der Waals surface area contributed by atoms with Crippen molar-refractivity contribution in [3.05, 3.63) is 45.3 Å². The maximum absolute atomic E-state index is 12.7. The minimum atomic E-state index is -0.407. The number of carbonyl (C=O) groups excluding carboxylic acids is 3. The summed E-state index contributed by atoms with van der Waals surface area (Å²) in [6, 6.07) is 6.82. The highest BCUT2D eigenvalue weighted by Gasteiger charge is 2.31. The van der Waals surface area contributed by atoms with E-state index in [4.69, 9.17) is 12.2 Å². The first-order valence-corrected chi connectivity index (χ1v) is 11.9. The highest BCUT2D eigenvalue weighted by molar-refractivity contribution is 8.26. The van der Waals surface area contributed by atoms with Gasteiger partial charge in [0.15, 0.2) is 0 Å². The van der Waals surface area contributed by atoms with Crippen molar-refractivity contribution in [2.24, 2.45) is 0 Å². The summed E-state index contributed by atoms with van der Waals surface area (Å²) in [5.74, 6) is -0.620. The Balaban J connectivity index is 1.44. The summed E-state index contributed by atoms with van der Waals surface area (Å²) in [6.07, 6.45) is 4.41. The van der Waals surface area contributed by atoms with Crippen LogP contribution < -0.4 is 5.32 Å². The van der Waals surface area contributed by atoms with Crippen molar-refractivity contribution in [1.29, 1.82) is 0 Å². The minimum absolute atomic E-state index is 0.0899. The lowest BCUT2D eigenvalue weighted by molar-refractivity contribution is -0.122. The molecule has 0 radical (unpaired) electrons. The topological polar surface area (TPSA) is 101 Å². The van der Waals surface area contributed by atoms with Gasteiger partial charge in [0.05, 0.1) is 17.6 Å². The first kappa shape index (κ1) is 24.0. The molecule has 1 N–H and O–H groups in total. The number of rotatable bonds is 9. The number of aryl methyl sites for hydroxylation is 1. The molecule has 0 spiro atoms. The standard InChI is InChI=1S/C21H22N4O4S3/c1-13-23-24-20(31-13)22-17(26)6-4-3-5-11-25-18(27)16(32-21(25)30)12-14-7-9-15(10-8-14)19(28)29-2/h7-10,12H,3-6,11H2,1-2H3,(H,22,24,26)/b16-12+. The van der Waals surface area contributed by atoms with Gasteiger partial charge in [0.25, 0.3) is 5.91 Å². The molecule has 0 bridgehead atoms. The van der Waals surface area contributed by atoms with E-state index in [0.717, 1.165) is 23.4 Å². The van der Waals surface area contributed by atoms with E-state index in [1.54, 1.807) is 35.2 Å². The molecule has 2 amide bonds. The summed E-state index contributed by atoms with van der Waals surface area (Å²) in [4.78, 5) is 38.3. The number of nitrogens with one attached hydrogen (secondary N) is 1. The molecular weight excluding hydrogens is 468 g/mol. The molecule has 1 fully saturated rings. The molecule has 32 heavy (non-hydrogen) atoms. The zero-order valence-corrected chi connectivity index (χ0v) is 20.1. The molecular formula is C21H22N4O4S3. The number of amides is 2. The molecule has 1 aromatic heterocycles. The molecule has 0 saturated carbocycles. The lowest BCUT2D eigenvalue weighted by atomic mass is 10.1. The number of thioether (sulfide) groups is 1. The largest absolute Gasteiger partial charge is 0.465 e. The molecule has 1 aliphatic rings. The summed E-state index contributed by atoms with van der Waals surface area (Å²) >= 11 is 7.97. The average molecular weight is 491 g/mol. The zero-order chi connectivity index (χ0) is 23.1. The smallest absolute Gasteiger partial charge is 0.337 e. The molecule has 2 heterocycles. The monoisotopic (exact) mass is 490 g/mol. The Morgan fingerprint density at radius 2 is 1.94 bits per heavy atom. The van der Waals surface area contributed by atoms with Gasteiger partial charge in [0.1, 0.15) is 9.33 Å². The summed E-state index contributed by atoms with van der Waals surface area (Å²) in [5.41, 5.74) is 1.25. The fourth-order valence-electron chi connectivity index (χ4n) is 2.94. The molecule has 0 aliphatic carbocycles.